The van der Waals surface area contributed by atoms with Gasteiger partial charge in [0.05, 0.1) is 5.69 Å². The maximum Gasteiger partial charge on any atom is 0.258 e. The fraction of sp³-hybridized carbons (Fsp3) is 0.467. The van der Waals surface area contributed by atoms with Crippen LogP contribution in [0.1, 0.15) is 19.8 Å². The number of carbonyl (C=O) groups excluding carboxylic acids is 2. The van der Waals surface area contributed by atoms with Crippen molar-refractivity contribution in [3.05, 3.63) is 24.3 Å². The molecule has 3 N–H and O–H groups in total. The van der Waals surface area contributed by atoms with E-state index in [-0.39, 0.29) is 18.4 Å². The fourth-order valence-corrected chi connectivity index (χ4v) is 2.31. The smallest absolute Gasteiger partial charge is 0.258 e. The number of anilines is 1. The van der Waals surface area contributed by atoms with Crippen molar-refractivity contribution in [3.63, 3.8) is 0 Å². The van der Waals surface area contributed by atoms with Crippen molar-refractivity contribution in [1.82, 2.24) is 10.2 Å². The molecule has 1 saturated heterocycles. The summed E-state index contributed by atoms with van der Waals surface area (Å²) in [5, 5.41) is 2.65. The van der Waals surface area contributed by atoms with Crippen LogP contribution in [0.4, 0.5) is 5.69 Å². The fourth-order valence-electron chi connectivity index (χ4n) is 2.31. The summed E-state index contributed by atoms with van der Waals surface area (Å²) in [7, 11) is 0. The lowest BCUT2D eigenvalue weighted by molar-refractivity contribution is -0.135. The van der Waals surface area contributed by atoms with Crippen molar-refractivity contribution < 1.29 is 14.3 Å². The van der Waals surface area contributed by atoms with E-state index in [1.807, 2.05) is 0 Å². The molecule has 1 aromatic rings. The first kappa shape index (κ1) is 15.2. The summed E-state index contributed by atoms with van der Waals surface area (Å²) in [4.78, 5) is 25.6. The Morgan fingerprint density at radius 1 is 1.33 bits per heavy atom. The molecule has 1 aliphatic heterocycles. The van der Waals surface area contributed by atoms with E-state index in [4.69, 9.17) is 10.5 Å². The van der Waals surface area contributed by atoms with Crippen LogP contribution < -0.4 is 15.8 Å². The highest BCUT2D eigenvalue weighted by Crippen LogP contribution is 2.19. The van der Waals surface area contributed by atoms with Gasteiger partial charge in [0.25, 0.3) is 5.91 Å². The second-order valence-electron chi connectivity index (χ2n) is 5.15. The largest absolute Gasteiger partial charge is 0.482 e. The Bertz CT molecular complexity index is 513. The molecule has 1 heterocycles. The predicted octanol–water partition coefficient (Wildman–Crippen LogP) is 0.775. The van der Waals surface area contributed by atoms with E-state index in [0.717, 1.165) is 25.9 Å². The summed E-state index contributed by atoms with van der Waals surface area (Å²) in [6, 6.07) is 6.43. The van der Waals surface area contributed by atoms with Crippen molar-refractivity contribution in [2.24, 2.45) is 0 Å². The molecule has 1 unspecified atom stereocenters. The molecule has 0 aromatic heterocycles. The number of hydrogen-bond acceptors (Lipinski definition) is 4. The SMILES string of the molecule is CC(NC(=O)COc1ccccc1N)C(=O)N1CCCC1. The maximum absolute atomic E-state index is 12.1. The summed E-state index contributed by atoms with van der Waals surface area (Å²) in [6.07, 6.45) is 2.06. The predicted molar refractivity (Wildman–Crippen MR) is 79.8 cm³/mol. The van der Waals surface area contributed by atoms with Crippen LogP contribution in [0.3, 0.4) is 0 Å². The standard InChI is InChI=1S/C15H21N3O3/c1-11(15(20)18-8-4-5-9-18)17-14(19)10-21-13-7-3-2-6-12(13)16/h2-3,6-7,11H,4-5,8-10,16H2,1H3,(H,17,19). The maximum atomic E-state index is 12.1. The molecule has 0 saturated carbocycles. The molecular formula is C15H21N3O3. The molecule has 1 atom stereocenters. The molecule has 0 aliphatic carbocycles. The number of nitrogen functional groups attached to an aromatic ring is 1. The monoisotopic (exact) mass is 291 g/mol. The van der Waals surface area contributed by atoms with Crippen molar-refractivity contribution in [2.45, 2.75) is 25.8 Å². The van der Waals surface area contributed by atoms with Crippen LogP contribution in [0.15, 0.2) is 24.3 Å². The molecule has 0 spiro atoms. The minimum absolute atomic E-state index is 0.0416. The number of carbonyl (C=O) groups is 2. The van der Waals surface area contributed by atoms with Crippen LogP contribution in [0, 0.1) is 0 Å². The quantitative estimate of drug-likeness (QED) is 0.785. The zero-order chi connectivity index (χ0) is 15.2. The first-order valence-electron chi connectivity index (χ1n) is 7.13. The van der Waals surface area contributed by atoms with Crippen LogP contribution >= 0.6 is 0 Å². The number of para-hydroxylation sites is 2. The van der Waals surface area contributed by atoms with Gasteiger partial charge in [-0.3, -0.25) is 9.59 Å². The average molecular weight is 291 g/mol. The normalized spacial score (nSPS) is 15.6. The summed E-state index contributed by atoms with van der Waals surface area (Å²) < 4.78 is 5.34. The van der Waals surface area contributed by atoms with Crippen LogP contribution in [0.2, 0.25) is 0 Å². The highest BCUT2D eigenvalue weighted by atomic mass is 16.5. The van der Waals surface area contributed by atoms with Crippen LogP contribution in [-0.2, 0) is 9.59 Å². The third-order valence-electron chi connectivity index (χ3n) is 3.44. The lowest BCUT2D eigenvalue weighted by Gasteiger charge is -2.21. The third kappa shape index (κ3) is 4.11. The minimum Gasteiger partial charge on any atom is -0.482 e. The van der Waals surface area contributed by atoms with E-state index < -0.39 is 6.04 Å². The summed E-state index contributed by atoms with van der Waals surface area (Å²) in [6.45, 7) is 3.08. The Balaban J connectivity index is 1.78. The van der Waals surface area contributed by atoms with Gasteiger partial charge in [-0.2, -0.15) is 0 Å². The molecule has 0 bridgehead atoms. The van der Waals surface area contributed by atoms with E-state index in [2.05, 4.69) is 5.32 Å². The van der Waals surface area contributed by atoms with Gasteiger partial charge in [0, 0.05) is 13.1 Å². The molecular weight excluding hydrogens is 270 g/mol. The number of nitrogens with zero attached hydrogens (tertiary/aromatic N) is 1. The van der Waals surface area contributed by atoms with Gasteiger partial charge < -0.3 is 20.7 Å². The summed E-state index contributed by atoms with van der Waals surface area (Å²) >= 11 is 0. The van der Waals surface area contributed by atoms with E-state index in [1.54, 1.807) is 36.1 Å². The first-order valence-corrected chi connectivity index (χ1v) is 7.13. The lowest BCUT2D eigenvalue weighted by Crippen LogP contribution is -2.47. The lowest BCUT2D eigenvalue weighted by atomic mass is 10.3. The highest BCUT2D eigenvalue weighted by Gasteiger charge is 2.24. The Morgan fingerprint density at radius 3 is 2.67 bits per heavy atom. The second-order valence-corrected chi connectivity index (χ2v) is 5.15. The van der Waals surface area contributed by atoms with E-state index in [9.17, 15) is 9.59 Å². The first-order chi connectivity index (χ1) is 10.1. The van der Waals surface area contributed by atoms with Gasteiger partial charge in [-0.15, -0.1) is 0 Å². The molecule has 2 amide bonds. The van der Waals surface area contributed by atoms with Crippen molar-refractivity contribution >= 4 is 17.5 Å². The summed E-state index contributed by atoms with van der Waals surface area (Å²) in [5.74, 6) is 0.0875. The van der Waals surface area contributed by atoms with Crippen LogP contribution in [0.25, 0.3) is 0 Å². The Morgan fingerprint density at radius 2 is 2.00 bits per heavy atom. The minimum atomic E-state index is -0.535. The molecule has 1 fully saturated rings. The van der Waals surface area contributed by atoms with Gasteiger partial charge in [0.15, 0.2) is 6.61 Å². The van der Waals surface area contributed by atoms with Gasteiger partial charge in [-0.1, -0.05) is 12.1 Å². The van der Waals surface area contributed by atoms with Crippen LogP contribution in [0.5, 0.6) is 5.75 Å². The molecule has 6 heteroatoms. The number of nitrogens with two attached hydrogens (primary N) is 1. The van der Waals surface area contributed by atoms with E-state index in [1.165, 1.54) is 0 Å². The van der Waals surface area contributed by atoms with Gasteiger partial charge in [0.1, 0.15) is 11.8 Å². The zero-order valence-electron chi connectivity index (χ0n) is 12.2. The zero-order valence-corrected chi connectivity index (χ0v) is 12.2. The number of amides is 2. The number of benzene rings is 1. The van der Waals surface area contributed by atoms with Gasteiger partial charge in [-0.05, 0) is 31.9 Å². The molecule has 0 radical (unpaired) electrons. The van der Waals surface area contributed by atoms with E-state index in [0.29, 0.717) is 11.4 Å². The number of rotatable bonds is 5. The average Bonchev–Trinajstić information content (AvgIpc) is 2.99. The Hall–Kier alpha value is -2.24. The molecule has 1 aliphatic rings. The summed E-state index contributed by atoms with van der Waals surface area (Å²) in [5.41, 5.74) is 6.20. The van der Waals surface area contributed by atoms with Crippen molar-refractivity contribution in [3.8, 4) is 5.75 Å². The Kier molecular flexibility index (Phi) is 5.03. The van der Waals surface area contributed by atoms with Gasteiger partial charge in [-0.25, -0.2) is 0 Å². The Labute approximate surface area is 124 Å². The number of likely N-dealkylation sites (tertiary alicyclic amines) is 1. The number of hydrogen-bond donors (Lipinski definition) is 2. The van der Waals surface area contributed by atoms with Gasteiger partial charge in [0.2, 0.25) is 5.91 Å². The molecule has 1 aromatic carbocycles. The molecule has 21 heavy (non-hydrogen) atoms. The number of nitrogens with one attached hydrogen (secondary N) is 1. The van der Waals surface area contributed by atoms with E-state index >= 15 is 0 Å². The van der Waals surface area contributed by atoms with Crippen molar-refractivity contribution in [2.75, 3.05) is 25.4 Å². The highest BCUT2D eigenvalue weighted by molar-refractivity contribution is 5.88. The van der Waals surface area contributed by atoms with Crippen molar-refractivity contribution in [1.29, 1.82) is 0 Å². The number of ether oxygens (including phenoxy) is 1. The molecule has 114 valence electrons. The second kappa shape index (κ2) is 6.97. The van der Waals surface area contributed by atoms with Gasteiger partial charge >= 0.3 is 0 Å². The topological polar surface area (TPSA) is 84.7 Å². The molecule has 2 rings (SSSR count). The third-order valence-corrected chi connectivity index (χ3v) is 3.44. The van der Waals surface area contributed by atoms with Crippen LogP contribution in [-0.4, -0.2) is 42.5 Å². The molecule has 6 nitrogen and oxygen atoms in total.